The number of ether oxygens (including phenoxy) is 1. The van der Waals surface area contributed by atoms with E-state index in [1.807, 2.05) is 23.6 Å². The number of fused-ring (bicyclic) bond motifs is 1. The van der Waals surface area contributed by atoms with Gasteiger partial charge in [-0.3, -0.25) is 4.57 Å². The second kappa shape index (κ2) is 4.88. The number of nitrogen functional groups attached to an aromatic ring is 1. The van der Waals surface area contributed by atoms with Gasteiger partial charge in [0.15, 0.2) is 17.0 Å². The van der Waals surface area contributed by atoms with Crippen molar-refractivity contribution in [2.24, 2.45) is 0 Å². The summed E-state index contributed by atoms with van der Waals surface area (Å²) >= 11 is 0. The standard InChI is InChI=1S/C12H18N6O2/c1-17(2)10-9-11(16-12(13)15-10)18(6-14-9)8-4-3-7(5-19)20-8/h6-8,19H,3-5H2,1-2H3,(H2,13,15,16)/t7-,8+/m0/s1. The summed E-state index contributed by atoms with van der Waals surface area (Å²) in [4.78, 5) is 14.7. The first kappa shape index (κ1) is 13.1. The number of imidazole rings is 1. The molecular weight excluding hydrogens is 260 g/mol. The van der Waals surface area contributed by atoms with Gasteiger partial charge < -0.3 is 20.5 Å². The first-order chi connectivity index (χ1) is 9.60. The maximum Gasteiger partial charge on any atom is 0.224 e. The molecule has 1 aliphatic rings. The Labute approximate surface area is 116 Å². The molecule has 0 aromatic carbocycles. The van der Waals surface area contributed by atoms with Crippen LogP contribution >= 0.6 is 0 Å². The summed E-state index contributed by atoms with van der Waals surface area (Å²) in [7, 11) is 3.77. The number of hydrogen-bond donors (Lipinski definition) is 2. The van der Waals surface area contributed by atoms with Crippen LogP contribution in [0, 0.1) is 0 Å². The van der Waals surface area contributed by atoms with Gasteiger partial charge in [0.1, 0.15) is 6.23 Å². The van der Waals surface area contributed by atoms with E-state index in [9.17, 15) is 0 Å². The van der Waals surface area contributed by atoms with Gasteiger partial charge in [-0.1, -0.05) is 0 Å². The molecule has 2 aromatic heterocycles. The lowest BCUT2D eigenvalue weighted by Gasteiger charge is -2.15. The predicted molar refractivity (Wildman–Crippen MR) is 74.3 cm³/mol. The van der Waals surface area contributed by atoms with Crippen molar-refractivity contribution in [2.75, 3.05) is 31.3 Å². The van der Waals surface area contributed by atoms with E-state index in [4.69, 9.17) is 15.6 Å². The molecule has 1 aliphatic heterocycles. The lowest BCUT2D eigenvalue weighted by atomic mass is 10.2. The van der Waals surface area contributed by atoms with Gasteiger partial charge in [0.25, 0.3) is 0 Å². The molecule has 0 aliphatic carbocycles. The summed E-state index contributed by atoms with van der Waals surface area (Å²) in [6.07, 6.45) is 3.04. The van der Waals surface area contributed by atoms with Crippen molar-refractivity contribution in [3.8, 4) is 0 Å². The van der Waals surface area contributed by atoms with Gasteiger partial charge in [0.05, 0.1) is 19.0 Å². The molecule has 8 nitrogen and oxygen atoms in total. The molecule has 0 saturated carbocycles. The van der Waals surface area contributed by atoms with E-state index in [2.05, 4.69) is 15.0 Å². The number of nitrogens with zero attached hydrogens (tertiary/aromatic N) is 5. The summed E-state index contributed by atoms with van der Waals surface area (Å²) in [5.41, 5.74) is 7.12. The van der Waals surface area contributed by atoms with Gasteiger partial charge in [0.2, 0.25) is 5.95 Å². The third kappa shape index (κ3) is 2.06. The molecule has 108 valence electrons. The molecule has 0 bridgehead atoms. The lowest BCUT2D eigenvalue weighted by Crippen LogP contribution is -2.15. The van der Waals surface area contributed by atoms with E-state index in [1.54, 1.807) is 6.33 Å². The minimum Gasteiger partial charge on any atom is -0.394 e. The smallest absolute Gasteiger partial charge is 0.224 e. The minimum atomic E-state index is -0.165. The van der Waals surface area contributed by atoms with Crippen molar-refractivity contribution in [1.29, 1.82) is 0 Å². The first-order valence-electron chi connectivity index (χ1n) is 6.54. The zero-order chi connectivity index (χ0) is 14.3. The Hall–Kier alpha value is -1.93. The quantitative estimate of drug-likeness (QED) is 0.823. The predicted octanol–water partition coefficient (Wildman–Crippen LogP) is 0.144. The number of nitrogens with two attached hydrogens (primary N) is 1. The van der Waals surface area contributed by atoms with Gasteiger partial charge in [-0.15, -0.1) is 0 Å². The Morgan fingerprint density at radius 1 is 1.45 bits per heavy atom. The summed E-state index contributed by atoms with van der Waals surface area (Å²) in [5.74, 6) is 0.891. The monoisotopic (exact) mass is 278 g/mol. The van der Waals surface area contributed by atoms with Crippen LogP contribution in [-0.4, -0.2) is 51.4 Å². The van der Waals surface area contributed by atoms with Crippen LogP contribution in [0.4, 0.5) is 11.8 Å². The number of aliphatic hydroxyl groups is 1. The molecule has 3 N–H and O–H groups in total. The van der Waals surface area contributed by atoms with E-state index in [-0.39, 0.29) is 24.9 Å². The highest BCUT2D eigenvalue weighted by Gasteiger charge is 2.28. The largest absolute Gasteiger partial charge is 0.394 e. The molecule has 2 aromatic rings. The molecule has 2 atom stereocenters. The molecule has 3 rings (SSSR count). The number of anilines is 2. The van der Waals surface area contributed by atoms with Crippen molar-refractivity contribution in [3.05, 3.63) is 6.33 Å². The van der Waals surface area contributed by atoms with Crippen LogP contribution in [0.2, 0.25) is 0 Å². The maximum absolute atomic E-state index is 9.15. The first-order valence-corrected chi connectivity index (χ1v) is 6.54. The molecule has 0 unspecified atom stereocenters. The molecule has 0 radical (unpaired) electrons. The Kier molecular flexibility index (Phi) is 3.19. The second-order valence-electron chi connectivity index (χ2n) is 5.10. The fourth-order valence-electron chi connectivity index (χ4n) is 2.47. The zero-order valence-electron chi connectivity index (χ0n) is 11.5. The average Bonchev–Trinajstić information content (AvgIpc) is 3.02. The van der Waals surface area contributed by atoms with Crippen molar-refractivity contribution in [3.63, 3.8) is 0 Å². The Bertz CT molecular complexity index is 626. The lowest BCUT2D eigenvalue weighted by molar-refractivity contribution is -0.0207. The molecular formula is C12H18N6O2. The van der Waals surface area contributed by atoms with Crippen molar-refractivity contribution < 1.29 is 9.84 Å². The molecule has 3 heterocycles. The fraction of sp³-hybridized carbons (Fsp3) is 0.583. The Morgan fingerprint density at radius 3 is 2.90 bits per heavy atom. The zero-order valence-corrected chi connectivity index (χ0v) is 11.5. The van der Waals surface area contributed by atoms with Crippen molar-refractivity contribution >= 4 is 22.9 Å². The molecule has 8 heteroatoms. The SMILES string of the molecule is CN(C)c1nc(N)nc2c1ncn2[C@H]1CC[C@@H](CO)O1. The van der Waals surface area contributed by atoms with Gasteiger partial charge >= 0.3 is 0 Å². The highest BCUT2D eigenvalue weighted by molar-refractivity contribution is 5.84. The Morgan fingerprint density at radius 2 is 2.25 bits per heavy atom. The van der Waals surface area contributed by atoms with Crippen LogP contribution in [0.5, 0.6) is 0 Å². The van der Waals surface area contributed by atoms with Crippen LogP contribution in [0.15, 0.2) is 6.33 Å². The summed E-state index contributed by atoms with van der Waals surface area (Å²) in [6, 6.07) is 0. The average molecular weight is 278 g/mol. The van der Waals surface area contributed by atoms with E-state index >= 15 is 0 Å². The number of rotatable bonds is 3. The maximum atomic E-state index is 9.15. The molecule has 20 heavy (non-hydrogen) atoms. The van der Waals surface area contributed by atoms with Gasteiger partial charge in [-0.2, -0.15) is 9.97 Å². The summed E-state index contributed by atoms with van der Waals surface area (Å²) in [6.45, 7) is 0.0310. The number of aromatic nitrogens is 4. The van der Waals surface area contributed by atoms with Crippen LogP contribution in [0.1, 0.15) is 19.1 Å². The van der Waals surface area contributed by atoms with E-state index in [0.717, 1.165) is 12.8 Å². The fourth-order valence-corrected chi connectivity index (χ4v) is 2.47. The molecule has 0 spiro atoms. The third-order valence-corrected chi connectivity index (χ3v) is 3.44. The highest BCUT2D eigenvalue weighted by Crippen LogP contribution is 2.31. The van der Waals surface area contributed by atoms with Crippen molar-refractivity contribution in [2.45, 2.75) is 25.2 Å². The number of aliphatic hydroxyl groups excluding tert-OH is 1. The van der Waals surface area contributed by atoms with Gasteiger partial charge in [-0.05, 0) is 12.8 Å². The minimum absolute atomic E-state index is 0.0310. The molecule has 1 fully saturated rings. The van der Waals surface area contributed by atoms with Gasteiger partial charge in [0, 0.05) is 14.1 Å². The second-order valence-corrected chi connectivity index (χ2v) is 5.10. The van der Waals surface area contributed by atoms with Crippen LogP contribution in [-0.2, 0) is 4.74 Å². The van der Waals surface area contributed by atoms with Crippen LogP contribution < -0.4 is 10.6 Å². The number of hydrogen-bond acceptors (Lipinski definition) is 7. The topological polar surface area (TPSA) is 102 Å². The highest BCUT2D eigenvalue weighted by atomic mass is 16.5. The van der Waals surface area contributed by atoms with Gasteiger partial charge in [-0.25, -0.2) is 4.98 Å². The van der Waals surface area contributed by atoms with Crippen LogP contribution in [0.3, 0.4) is 0 Å². The summed E-state index contributed by atoms with van der Waals surface area (Å²) < 4.78 is 7.62. The normalized spacial score (nSPS) is 22.6. The van der Waals surface area contributed by atoms with E-state index in [1.165, 1.54) is 0 Å². The van der Waals surface area contributed by atoms with Crippen molar-refractivity contribution in [1.82, 2.24) is 19.5 Å². The van der Waals surface area contributed by atoms with E-state index < -0.39 is 0 Å². The van der Waals surface area contributed by atoms with Crippen LogP contribution in [0.25, 0.3) is 11.2 Å². The third-order valence-electron chi connectivity index (χ3n) is 3.44. The molecule has 1 saturated heterocycles. The molecule has 0 amide bonds. The van der Waals surface area contributed by atoms with E-state index in [0.29, 0.717) is 17.0 Å². The summed E-state index contributed by atoms with van der Waals surface area (Å²) in [5, 5.41) is 9.15. The Balaban J connectivity index is 2.05.